The first-order valence-corrected chi connectivity index (χ1v) is 10.7. The largest absolute Gasteiger partial charge is 0.385 e. The minimum atomic E-state index is -8.39. The summed E-state index contributed by atoms with van der Waals surface area (Å²) in [5.41, 5.74) is 0. The SMILES string of the molecule is CCCC/C=C/C(F)(F)C(F)(F)C(F)(F)C(F)(F)C(F)(F)C(F)(F)C(F)(F)C(F)(F)/C=C/CCCCC. The number of alkyl halides is 16. The third-order valence-corrected chi connectivity index (χ3v) is 5.16. The monoisotopic (exact) mass is 580 g/mol. The fourth-order valence-corrected chi connectivity index (χ4v) is 2.71. The molecule has 0 saturated carbocycles. The molecule has 0 unspecified atom stereocenters. The van der Waals surface area contributed by atoms with Gasteiger partial charge in [0.05, 0.1) is 0 Å². The van der Waals surface area contributed by atoms with Gasteiger partial charge in [-0.25, -0.2) is 0 Å². The van der Waals surface area contributed by atoms with Crippen LogP contribution in [0, 0.1) is 0 Å². The van der Waals surface area contributed by atoms with E-state index in [9.17, 15) is 70.2 Å². The maximum absolute atomic E-state index is 13.8. The van der Waals surface area contributed by atoms with Gasteiger partial charge in [0, 0.05) is 0 Å². The average Bonchev–Trinajstić information content (AvgIpc) is 2.75. The first-order chi connectivity index (χ1) is 16.4. The number of hydrogen-bond donors (Lipinski definition) is 0. The van der Waals surface area contributed by atoms with Crippen molar-refractivity contribution in [2.75, 3.05) is 0 Å². The number of hydrogen-bond acceptors (Lipinski definition) is 0. The quantitative estimate of drug-likeness (QED) is 0.0969. The van der Waals surface area contributed by atoms with Gasteiger partial charge < -0.3 is 0 Å². The van der Waals surface area contributed by atoms with E-state index in [-0.39, 0.29) is 31.4 Å². The van der Waals surface area contributed by atoms with Crippen LogP contribution < -0.4 is 0 Å². The van der Waals surface area contributed by atoms with E-state index in [0.717, 1.165) is 0 Å². The minimum Gasteiger partial charge on any atom is -0.195 e. The third kappa shape index (κ3) is 6.17. The van der Waals surface area contributed by atoms with Crippen molar-refractivity contribution in [3.8, 4) is 0 Å². The molecule has 0 radical (unpaired) electrons. The molecular weight excluding hydrogens is 556 g/mol. The van der Waals surface area contributed by atoms with E-state index in [4.69, 9.17) is 0 Å². The van der Waals surface area contributed by atoms with E-state index >= 15 is 0 Å². The zero-order valence-corrected chi connectivity index (χ0v) is 19.3. The Balaban J connectivity index is 6.48. The van der Waals surface area contributed by atoms with Crippen LogP contribution in [0.1, 0.15) is 58.8 Å². The number of rotatable bonds is 16. The van der Waals surface area contributed by atoms with Crippen molar-refractivity contribution in [3.05, 3.63) is 24.3 Å². The van der Waals surface area contributed by atoms with Crippen molar-refractivity contribution in [2.24, 2.45) is 0 Å². The van der Waals surface area contributed by atoms with Gasteiger partial charge in [-0.05, 0) is 31.4 Å². The van der Waals surface area contributed by atoms with E-state index in [1.165, 1.54) is 6.92 Å². The predicted octanol–water partition coefficient (Wildman–Crippen LogP) is 9.95. The minimum absolute atomic E-state index is 0.00859. The lowest BCUT2D eigenvalue weighted by Gasteiger charge is -2.43. The molecule has 0 aliphatic rings. The van der Waals surface area contributed by atoms with E-state index in [2.05, 4.69) is 0 Å². The summed E-state index contributed by atoms with van der Waals surface area (Å²) in [6, 6.07) is 0. The van der Waals surface area contributed by atoms with Crippen LogP contribution in [0.25, 0.3) is 0 Å². The van der Waals surface area contributed by atoms with Gasteiger partial charge >= 0.3 is 47.4 Å². The fraction of sp³-hybridized carbons (Fsp3) is 0.810. The molecule has 0 atom stereocenters. The lowest BCUT2D eigenvalue weighted by molar-refractivity contribution is -0.448. The molecule has 0 N–H and O–H groups in total. The zero-order valence-electron chi connectivity index (χ0n) is 19.3. The van der Waals surface area contributed by atoms with Gasteiger partial charge in [-0.15, -0.1) is 0 Å². The number of unbranched alkanes of at least 4 members (excludes halogenated alkanes) is 5. The molecule has 0 aromatic rings. The van der Waals surface area contributed by atoms with E-state index < -0.39 is 72.4 Å². The van der Waals surface area contributed by atoms with E-state index in [0.29, 0.717) is 12.8 Å². The standard InChI is InChI=1S/C21H24F16/c1-3-5-7-9-11-13-15(24,25)17(28,29)19(32,33)21(36,37)20(34,35)18(30,31)16(26,27)14(22,23)12-10-8-6-4-2/h10-13H,3-9H2,1-2H3/b12-10+,13-11+. The van der Waals surface area contributed by atoms with Gasteiger partial charge in [-0.2, -0.15) is 70.2 Å². The van der Waals surface area contributed by atoms with Crippen LogP contribution in [-0.4, -0.2) is 47.4 Å². The van der Waals surface area contributed by atoms with Crippen molar-refractivity contribution in [2.45, 2.75) is 106 Å². The highest BCUT2D eigenvalue weighted by Gasteiger charge is 2.94. The van der Waals surface area contributed by atoms with Crippen molar-refractivity contribution in [3.63, 3.8) is 0 Å². The lowest BCUT2D eigenvalue weighted by Crippen LogP contribution is -2.74. The highest BCUT2D eigenvalue weighted by molar-refractivity contribution is 5.20. The second-order valence-electron chi connectivity index (χ2n) is 8.14. The summed E-state index contributed by atoms with van der Waals surface area (Å²) in [5.74, 6) is -61.0. The van der Waals surface area contributed by atoms with Gasteiger partial charge in [-0.3, -0.25) is 0 Å². The highest BCUT2D eigenvalue weighted by atomic mass is 19.4. The summed E-state index contributed by atoms with van der Waals surface area (Å²) in [5, 5.41) is 0. The summed E-state index contributed by atoms with van der Waals surface area (Å²) < 4.78 is 220. The Morgan fingerprint density at radius 2 is 0.649 bits per heavy atom. The van der Waals surface area contributed by atoms with Gasteiger partial charge in [0.15, 0.2) is 0 Å². The highest BCUT2D eigenvalue weighted by Crippen LogP contribution is 2.64. The molecule has 16 heteroatoms. The molecule has 0 bridgehead atoms. The first kappa shape index (κ1) is 35.4. The normalized spacial score (nSPS) is 15.8. The summed E-state index contributed by atoms with van der Waals surface area (Å²) >= 11 is 0. The average molecular weight is 580 g/mol. The van der Waals surface area contributed by atoms with Crippen LogP contribution in [0.5, 0.6) is 0 Å². The Morgan fingerprint density at radius 3 is 0.946 bits per heavy atom. The van der Waals surface area contributed by atoms with Gasteiger partial charge in [0.2, 0.25) is 0 Å². The van der Waals surface area contributed by atoms with E-state index in [1.54, 1.807) is 6.92 Å². The molecular formula is C21H24F16. The molecule has 0 rings (SSSR count). The summed E-state index contributed by atoms with van der Waals surface area (Å²) in [6.07, 6.45) is -1.93. The molecule has 0 aliphatic carbocycles. The maximum Gasteiger partial charge on any atom is 0.385 e. The van der Waals surface area contributed by atoms with Gasteiger partial charge in [0.1, 0.15) is 0 Å². The second-order valence-corrected chi connectivity index (χ2v) is 8.14. The Labute approximate surface area is 201 Å². The lowest BCUT2D eigenvalue weighted by atomic mass is 9.87. The molecule has 0 aromatic heterocycles. The molecule has 0 heterocycles. The fourth-order valence-electron chi connectivity index (χ4n) is 2.71. The molecule has 0 aliphatic heterocycles. The van der Waals surface area contributed by atoms with Gasteiger partial charge in [0.25, 0.3) is 0 Å². The van der Waals surface area contributed by atoms with Crippen LogP contribution in [-0.2, 0) is 0 Å². The third-order valence-electron chi connectivity index (χ3n) is 5.16. The Morgan fingerprint density at radius 1 is 0.378 bits per heavy atom. The maximum atomic E-state index is 13.8. The molecule has 220 valence electrons. The topological polar surface area (TPSA) is 0 Å². The Bertz CT molecular complexity index is 779. The van der Waals surface area contributed by atoms with Crippen LogP contribution >= 0.6 is 0 Å². The van der Waals surface area contributed by atoms with Crippen molar-refractivity contribution >= 4 is 0 Å². The predicted molar refractivity (Wildman–Crippen MR) is 102 cm³/mol. The van der Waals surface area contributed by atoms with Crippen molar-refractivity contribution < 1.29 is 70.2 Å². The smallest absolute Gasteiger partial charge is 0.195 e. The Kier molecular flexibility index (Phi) is 11.1. The molecule has 0 nitrogen and oxygen atoms in total. The van der Waals surface area contributed by atoms with Crippen LogP contribution in [0.15, 0.2) is 24.3 Å². The molecule has 0 amide bonds. The summed E-state index contributed by atoms with van der Waals surface area (Å²) in [7, 11) is 0. The molecule has 0 fully saturated rings. The van der Waals surface area contributed by atoms with Crippen LogP contribution in [0.3, 0.4) is 0 Å². The summed E-state index contributed by atoms with van der Waals surface area (Å²) in [4.78, 5) is 0. The number of allylic oxidation sites excluding steroid dienone is 4. The summed E-state index contributed by atoms with van der Waals surface area (Å²) in [6.45, 7) is 3.06. The molecule has 0 spiro atoms. The molecule has 37 heavy (non-hydrogen) atoms. The zero-order chi connectivity index (χ0) is 29.8. The van der Waals surface area contributed by atoms with Crippen LogP contribution in [0.2, 0.25) is 0 Å². The second kappa shape index (κ2) is 11.6. The number of halogens is 16. The van der Waals surface area contributed by atoms with E-state index in [1.807, 2.05) is 0 Å². The van der Waals surface area contributed by atoms with Crippen LogP contribution in [0.4, 0.5) is 70.2 Å². The van der Waals surface area contributed by atoms with Gasteiger partial charge in [-0.1, -0.05) is 51.7 Å². The molecule has 0 aromatic carbocycles. The Hall–Kier alpha value is -1.64. The van der Waals surface area contributed by atoms with Crippen molar-refractivity contribution in [1.29, 1.82) is 0 Å². The molecule has 0 saturated heterocycles. The first-order valence-electron chi connectivity index (χ1n) is 10.7. The van der Waals surface area contributed by atoms with Crippen molar-refractivity contribution in [1.82, 2.24) is 0 Å².